The molecule has 2 heterocycles. The molecule has 1 aliphatic rings. The van der Waals surface area contributed by atoms with E-state index in [2.05, 4.69) is 24.0 Å². The predicted molar refractivity (Wildman–Crippen MR) is 117 cm³/mol. The molecule has 1 saturated heterocycles. The second-order valence-electron chi connectivity index (χ2n) is 7.64. The van der Waals surface area contributed by atoms with Gasteiger partial charge in [0.15, 0.2) is 11.0 Å². The van der Waals surface area contributed by atoms with Crippen LogP contribution in [0.2, 0.25) is 0 Å². The summed E-state index contributed by atoms with van der Waals surface area (Å²) in [5.74, 6) is 0.513. The number of rotatable bonds is 8. The van der Waals surface area contributed by atoms with Crippen LogP contribution in [0.5, 0.6) is 0 Å². The molecule has 2 aromatic rings. The van der Waals surface area contributed by atoms with Crippen LogP contribution in [0.25, 0.3) is 11.4 Å². The molecule has 1 atom stereocenters. The van der Waals surface area contributed by atoms with Crippen LogP contribution >= 0.6 is 11.8 Å². The summed E-state index contributed by atoms with van der Waals surface area (Å²) in [6, 6.07) is 6.74. The Balaban J connectivity index is 1.97. The lowest BCUT2D eigenvalue weighted by Gasteiger charge is -2.26. The number of hydrogen-bond acceptors (Lipinski definition) is 8. The van der Waals surface area contributed by atoms with Gasteiger partial charge < -0.3 is 14.0 Å². The zero-order chi connectivity index (χ0) is 22.6. The van der Waals surface area contributed by atoms with Crippen molar-refractivity contribution in [1.29, 1.82) is 0 Å². The standard InChI is InChI=1S/C20H28N4O5S2/c1-14(2)13-24-18(21-22-20(24)30-15(3)19(25)28-4)16-6-5-7-17(12-16)31(26,27)23-8-10-29-11-9-23/h5-7,12,14-15H,8-11,13H2,1-4H3/t15-/m0/s1. The van der Waals surface area contributed by atoms with Gasteiger partial charge in [0.05, 0.1) is 25.2 Å². The smallest absolute Gasteiger partial charge is 0.318 e. The number of nitrogens with zero attached hydrogens (tertiary/aromatic N) is 4. The zero-order valence-electron chi connectivity index (χ0n) is 18.1. The molecular weight excluding hydrogens is 440 g/mol. The first-order valence-corrected chi connectivity index (χ1v) is 12.4. The molecule has 0 saturated carbocycles. The Morgan fingerprint density at radius 2 is 1.94 bits per heavy atom. The number of morpholine rings is 1. The fourth-order valence-electron chi connectivity index (χ4n) is 3.22. The Morgan fingerprint density at radius 1 is 1.23 bits per heavy atom. The van der Waals surface area contributed by atoms with Crippen LogP contribution < -0.4 is 0 Å². The summed E-state index contributed by atoms with van der Waals surface area (Å²) in [4.78, 5) is 12.1. The van der Waals surface area contributed by atoms with Crippen LogP contribution in [0, 0.1) is 5.92 Å². The molecule has 0 unspecified atom stereocenters. The number of carbonyl (C=O) groups excluding carboxylic acids is 1. The van der Waals surface area contributed by atoms with Gasteiger partial charge in [-0.3, -0.25) is 4.79 Å². The Bertz CT molecular complexity index is 1020. The second-order valence-corrected chi connectivity index (χ2v) is 10.9. The molecule has 1 aliphatic heterocycles. The minimum atomic E-state index is -3.63. The minimum absolute atomic E-state index is 0.211. The van der Waals surface area contributed by atoms with Gasteiger partial charge in [0, 0.05) is 25.2 Å². The number of ether oxygens (including phenoxy) is 2. The normalized spacial score (nSPS) is 16.4. The molecular formula is C20H28N4O5S2. The van der Waals surface area contributed by atoms with Crippen molar-refractivity contribution < 1.29 is 22.7 Å². The second kappa shape index (κ2) is 10.1. The molecule has 0 radical (unpaired) electrons. The molecule has 0 bridgehead atoms. The number of thioether (sulfide) groups is 1. The lowest BCUT2D eigenvalue weighted by molar-refractivity contribution is -0.139. The van der Waals surface area contributed by atoms with E-state index in [-0.39, 0.29) is 10.9 Å². The van der Waals surface area contributed by atoms with Crippen molar-refractivity contribution in [1.82, 2.24) is 19.1 Å². The van der Waals surface area contributed by atoms with Crippen molar-refractivity contribution in [2.45, 2.75) is 42.6 Å². The van der Waals surface area contributed by atoms with Crippen molar-refractivity contribution in [3.05, 3.63) is 24.3 Å². The first-order chi connectivity index (χ1) is 14.7. The molecule has 170 valence electrons. The maximum atomic E-state index is 13.1. The third-order valence-electron chi connectivity index (χ3n) is 4.78. The molecule has 1 aromatic carbocycles. The van der Waals surface area contributed by atoms with Gasteiger partial charge in [-0.05, 0) is 25.0 Å². The zero-order valence-corrected chi connectivity index (χ0v) is 19.8. The Morgan fingerprint density at radius 3 is 2.58 bits per heavy atom. The van der Waals surface area contributed by atoms with Crippen LogP contribution in [0.1, 0.15) is 20.8 Å². The average Bonchev–Trinajstić information content (AvgIpc) is 3.15. The van der Waals surface area contributed by atoms with Crippen molar-refractivity contribution in [2.24, 2.45) is 5.92 Å². The molecule has 1 aromatic heterocycles. The molecule has 0 spiro atoms. The SMILES string of the molecule is COC(=O)[C@H](C)Sc1nnc(-c2cccc(S(=O)(=O)N3CCOCC3)c2)n1CC(C)C. The molecule has 1 fully saturated rings. The monoisotopic (exact) mass is 468 g/mol. The highest BCUT2D eigenvalue weighted by Crippen LogP contribution is 2.30. The molecule has 11 heteroatoms. The summed E-state index contributed by atoms with van der Waals surface area (Å²) < 4.78 is 39.6. The van der Waals surface area contributed by atoms with Gasteiger partial charge in [0.25, 0.3) is 0 Å². The van der Waals surface area contributed by atoms with Crippen molar-refractivity contribution >= 4 is 27.8 Å². The van der Waals surface area contributed by atoms with E-state index in [0.29, 0.717) is 55.3 Å². The van der Waals surface area contributed by atoms with Gasteiger partial charge in [-0.2, -0.15) is 4.31 Å². The summed E-state index contributed by atoms with van der Waals surface area (Å²) in [5, 5.41) is 8.74. The van der Waals surface area contributed by atoms with Crippen LogP contribution in [0.15, 0.2) is 34.3 Å². The lowest BCUT2D eigenvalue weighted by Crippen LogP contribution is -2.40. The number of hydrogen-bond donors (Lipinski definition) is 0. The van der Waals surface area contributed by atoms with E-state index in [1.54, 1.807) is 25.1 Å². The first-order valence-electron chi connectivity index (χ1n) is 10.1. The van der Waals surface area contributed by atoms with E-state index >= 15 is 0 Å². The summed E-state index contributed by atoms with van der Waals surface area (Å²) in [6.45, 7) is 7.97. The Labute approximate surface area is 187 Å². The van der Waals surface area contributed by atoms with E-state index in [4.69, 9.17) is 9.47 Å². The number of benzene rings is 1. The quantitative estimate of drug-likeness (QED) is 0.429. The van der Waals surface area contributed by atoms with Gasteiger partial charge in [0.1, 0.15) is 5.25 Å². The van der Waals surface area contributed by atoms with Crippen LogP contribution in [-0.2, 0) is 30.8 Å². The summed E-state index contributed by atoms with van der Waals surface area (Å²) in [5.41, 5.74) is 0.653. The minimum Gasteiger partial charge on any atom is -0.468 e. The van der Waals surface area contributed by atoms with Crippen molar-refractivity contribution in [2.75, 3.05) is 33.4 Å². The Kier molecular flexibility index (Phi) is 7.73. The summed E-state index contributed by atoms with van der Waals surface area (Å²) in [7, 11) is -2.27. The first kappa shape index (κ1) is 23.7. The summed E-state index contributed by atoms with van der Waals surface area (Å²) >= 11 is 1.27. The van der Waals surface area contributed by atoms with Gasteiger partial charge >= 0.3 is 5.97 Å². The van der Waals surface area contributed by atoms with Crippen LogP contribution in [0.3, 0.4) is 0 Å². The Hall–Kier alpha value is -1.95. The van der Waals surface area contributed by atoms with E-state index in [9.17, 15) is 13.2 Å². The number of sulfonamides is 1. The molecule has 0 N–H and O–H groups in total. The number of carbonyl (C=O) groups is 1. The van der Waals surface area contributed by atoms with Crippen LogP contribution in [0.4, 0.5) is 0 Å². The number of esters is 1. The highest BCUT2D eigenvalue weighted by atomic mass is 32.2. The predicted octanol–water partition coefficient (Wildman–Crippen LogP) is 2.28. The third kappa shape index (κ3) is 5.46. The van der Waals surface area contributed by atoms with Crippen molar-refractivity contribution in [3.63, 3.8) is 0 Å². The fourth-order valence-corrected chi connectivity index (χ4v) is 5.56. The van der Waals surface area contributed by atoms with E-state index in [1.165, 1.54) is 23.2 Å². The molecule has 31 heavy (non-hydrogen) atoms. The lowest BCUT2D eigenvalue weighted by atomic mass is 10.2. The van der Waals surface area contributed by atoms with Gasteiger partial charge in [0.2, 0.25) is 10.0 Å². The topological polar surface area (TPSA) is 104 Å². The van der Waals surface area contributed by atoms with E-state index in [0.717, 1.165) is 0 Å². The van der Waals surface area contributed by atoms with E-state index in [1.807, 2.05) is 10.6 Å². The molecule has 9 nitrogen and oxygen atoms in total. The number of aromatic nitrogens is 3. The third-order valence-corrected chi connectivity index (χ3v) is 7.73. The molecule has 0 amide bonds. The van der Waals surface area contributed by atoms with Gasteiger partial charge in [-0.15, -0.1) is 10.2 Å². The number of methoxy groups -OCH3 is 1. The molecule has 0 aliphatic carbocycles. The highest BCUT2D eigenvalue weighted by molar-refractivity contribution is 8.00. The van der Waals surface area contributed by atoms with Gasteiger partial charge in [-0.25, -0.2) is 8.42 Å². The highest BCUT2D eigenvalue weighted by Gasteiger charge is 2.27. The fraction of sp³-hybridized carbons (Fsp3) is 0.550. The van der Waals surface area contributed by atoms with E-state index < -0.39 is 15.3 Å². The maximum Gasteiger partial charge on any atom is 0.318 e. The molecule has 3 rings (SSSR count). The summed E-state index contributed by atoms with van der Waals surface area (Å²) in [6.07, 6.45) is 0. The van der Waals surface area contributed by atoms with Crippen LogP contribution in [-0.4, -0.2) is 72.1 Å². The van der Waals surface area contributed by atoms with Gasteiger partial charge in [-0.1, -0.05) is 37.7 Å². The van der Waals surface area contributed by atoms with Crippen molar-refractivity contribution in [3.8, 4) is 11.4 Å². The largest absolute Gasteiger partial charge is 0.468 e. The maximum absolute atomic E-state index is 13.1. The average molecular weight is 469 g/mol.